The second-order valence-corrected chi connectivity index (χ2v) is 10.1. The number of nitrogens with one attached hydrogen (secondary N) is 2. The van der Waals surface area contributed by atoms with Gasteiger partial charge in [-0.3, -0.25) is 9.78 Å². The fraction of sp³-hybridized carbons (Fsp3) is 0.261. The van der Waals surface area contributed by atoms with E-state index in [1.165, 1.54) is 4.88 Å². The summed E-state index contributed by atoms with van der Waals surface area (Å²) >= 11 is 11.1. The zero-order valence-electron chi connectivity index (χ0n) is 17.4. The summed E-state index contributed by atoms with van der Waals surface area (Å²) < 4.78 is 1.05. The van der Waals surface area contributed by atoms with Gasteiger partial charge in [-0.2, -0.15) is 0 Å². The highest BCUT2D eigenvalue weighted by atomic mass is 79.9. The maximum absolute atomic E-state index is 12.1. The van der Waals surface area contributed by atoms with Crippen LogP contribution >= 0.6 is 39.5 Å². The van der Waals surface area contributed by atoms with Crippen LogP contribution in [0.25, 0.3) is 0 Å². The van der Waals surface area contributed by atoms with Crippen molar-refractivity contribution in [2.45, 2.75) is 32.9 Å². The SMILES string of the molecule is Cc1cc(N2C(=S)N[C@H](c3ccccn3)[C@@H]2c2cc(Br)cs2)ccc1NC(=O)C(C)C. The molecule has 4 rings (SSSR count). The molecule has 1 aliphatic heterocycles. The van der Waals surface area contributed by atoms with Crippen molar-refractivity contribution in [3.05, 3.63) is 74.6 Å². The Labute approximate surface area is 200 Å². The van der Waals surface area contributed by atoms with Crippen molar-refractivity contribution >= 4 is 61.9 Å². The van der Waals surface area contributed by atoms with Crippen molar-refractivity contribution in [1.29, 1.82) is 0 Å². The predicted molar refractivity (Wildman–Crippen MR) is 135 cm³/mol. The Morgan fingerprint density at radius 3 is 2.71 bits per heavy atom. The first-order valence-corrected chi connectivity index (χ1v) is 12.1. The number of hydrogen-bond acceptors (Lipinski definition) is 4. The predicted octanol–water partition coefficient (Wildman–Crippen LogP) is 5.99. The molecule has 1 aliphatic rings. The number of benzene rings is 1. The van der Waals surface area contributed by atoms with Crippen molar-refractivity contribution in [2.75, 3.05) is 10.2 Å². The third-order valence-electron chi connectivity index (χ3n) is 5.25. The molecule has 3 aromatic rings. The number of anilines is 2. The summed E-state index contributed by atoms with van der Waals surface area (Å²) in [5, 5.41) is 9.21. The first-order chi connectivity index (χ1) is 14.8. The number of aryl methyl sites for hydroxylation is 1. The summed E-state index contributed by atoms with van der Waals surface area (Å²) in [7, 11) is 0. The highest BCUT2D eigenvalue weighted by Crippen LogP contribution is 2.44. The standard InChI is InChI=1S/C23H23BrN4OS2/c1-13(2)22(29)26-17-8-7-16(10-14(17)3)28-21(19-11-15(24)12-31-19)20(27-23(28)30)18-6-4-5-9-25-18/h4-13,20-21H,1-3H3,(H,26,29)(H,27,30)/t20-,21+/m1/s1. The summed E-state index contributed by atoms with van der Waals surface area (Å²) in [6.45, 7) is 5.77. The van der Waals surface area contributed by atoms with Crippen LogP contribution in [-0.4, -0.2) is 16.0 Å². The van der Waals surface area contributed by atoms with Gasteiger partial charge in [-0.05, 0) is 77.0 Å². The largest absolute Gasteiger partial charge is 0.351 e. The Hall–Kier alpha value is -2.29. The lowest BCUT2D eigenvalue weighted by Crippen LogP contribution is -2.29. The number of hydrogen-bond donors (Lipinski definition) is 2. The van der Waals surface area contributed by atoms with E-state index in [1.807, 2.05) is 51.1 Å². The number of thiophene rings is 1. The molecule has 1 saturated heterocycles. The molecule has 31 heavy (non-hydrogen) atoms. The van der Waals surface area contributed by atoms with Crippen LogP contribution in [0.15, 0.2) is 58.5 Å². The molecule has 0 bridgehead atoms. The number of carbonyl (C=O) groups is 1. The zero-order chi connectivity index (χ0) is 22.1. The summed E-state index contributed by atoms with van der Waals surface area (Å²) in [6, 6.07) is 14.0. The van der Waals surface area contributed by atoms with Gasteiger partial charge in [0, 0.05) is 38.2 Å². The summed E-state index contributed by atoms with van der Waals surface area (Å²) in [4.78, 5) is 20.0. The molecule has 160 valence electrons. The molecule has 2 atom stereocenters. The molecule has 2 N–H and O–H groups in total. The minimum Gasteiger partial charge on any atom is -0.351 e. The molecule has 0 unspecified atom stereocenters. The fourth-order valence-electron chi connectivity index (χ4n) is 3.62. The van der Waals surface area contributed by atoms with Gasteiger partial charge in [0.25, 0.3) is 0 Å². The molecule has 0 aliphatic carbocycles. The van der Waals surface area contributed by atoms with Crippen LogP contribution in [0, 0.1) is 12.8 Å². The number of amides is 1. The van der Waals surface area contributed by atoms with E-state index in [-0.39, 0.29) is 23.9 Å². The Morgan fingerprint density at radius 2 is 2.10 bits per heavy atom. The second-order valence-electron chi connectivity index (χ2n) is 7.81. The van der Waals surface area contributed by atoms with Gasteiger partial charge in [-0.25, -0.2) is 0 Å². The van der Waals surface area contributed by atoms with Crippen molar-refractivity contribution in [2.24, 2.45) is 5.92 Å². The minimum atomic E-state index is -0.0739. The van der Waals surface area contributed by atoms with Gasteiger partial charge in [0.15, 0.2) is 5.11 Å². The van der Waals surface area contributed by atoms with Crippen LogP contribution < -0.4 is 15.5 Å². The van der Waals surface area contributed by atoms with Gasteiger partial charge in [-0.15, -0.1) is 11.3 Å². The van der Waals surface area contributed by atoms with Gasteiger partial charge < -0.3 is 15.5 Å². The highest BCUT2D eigenvalue weighted by Gasteiger charge is 2.41. The van der Waals surface area contributed by atoms with Crippen LogP contribution in [-0.2, 0) is 4.79 Å². The van der Waals surface area contributed by atoms with Gasteiger partial charge in [-0.1, -0.05) is 19.9 Å². The lowest BCUT2D eigenvalue weighted by atomic mass is 10.0. The Morgan fingerprint density at radius 1 is 1.29 bits per heavy atom. The maximum atomic E-state index is 12.1. The Balaban J connectivity index is 1.73. The van der Waals surface area contributed by atoms with Gasteiger partial charge in [0.2, 0.25) is 5.91 Å². The maximum Gasteiger partial charge on any atom is 0.226 e. The lowest BCUT2D eigenvalue weighted by Gasteiger charge is -2.27. The Bertz CT molecular complexity index is 1120. The third kappa shape index (κ3) is 4.51. The average Bonchev–Trinajstić information content (AvgIpc) is 3.32. The van der Waals surface area contributed by atoms with E-state index in [1.54, 1.807) is 17.5 Å². The second kappa shape index (κ2) is 9.06. The number of nitrogens with zero attached hydrogens (tertiary/aromatic N) is 2. The highest BCUT2D eigenvalue weighted by molar-refractivity contribution is 9.10. The number of thiocarbonyl (C=S) groups is 1. The molecule has 8 heteroatoms. The van der Waals surface area contributed by atoms with E-state index in [9.17, 15) is 4.79 Å². The quantitative estimate of drug-likeness (QED) is 0.409. The summed E-state index contributed by atoms with van der Waals surface area (Å²) in [6.07, 6.45) is 1.81. The van der Waals surface area contributed by atoms with E-state index in [0.717, 1.165) is 27.1 Å². The first-order valence-electron chi connectivity index (χ1n) is 10.0. The monoisotopic (exact) mass is 514 g/mol. The fourth-order valence-corrected chi connectivity index (χ4v) is 5.54. The van der Waals surface area contributed by atoms with E-state index < -0.39 is 0 Å². The number of halogens is 1. The van der Waals surface area contributed by atoms with Gasteiger partial charge in [0.1, 0.15) is 0 Å². The molecular formula is C23H23BrN4OS2. The molecule has 0 radical (unpaired) electrons. The number of rotatable bonds is 5. The molecule has 2 aromatic heterocycles. The average molecular weight is 516 g/mol. The van der Waals surface area contributed by atoms with E-state index in [4.69, 9.17) is 12.2 Å². The molecule has 1 fully saturated rings. The first kappa shape index (κ1) is 21.9. The number of pyridine rings is 1. The normalized spacial score (nSPS) is 18.4. The molecule has 0 saturated carbocycles. The van der Waals surface area contributed by atoms with Crippen LogP contribution in [0.1, 0.15) is 42.1 Å². The number of aromatic nitrogens is 1. The molecule has 5 nitrogen and oxygen atoms in total. The van der Waals surface area contributed by atoms with Gasteiger partial charge >= 0.3 is 0 Å². The van der Waals surface area contributed by atoms with Crippen LogP contribution in [0.4, 0.5) is 11.4 Å². The van der Waals surface area contributed by atoms with Crippen LogP contribution in [0.5, 0.6) is 0 Å². The molecule has 1 aromatic carbocycles. The molecule has 3 heterocycles. The van der Waals surface area contributed by atoms with Crippen molar-refractivity contribution in [3.8, 4) is 0 Å². The smallest absolute Gasteiger partial charge is 0.226 e. The lowest BCUT2D eigenvalue weighted by molar-refractivity contribution is -0.118. The van der Waals surface area contributed by atoms with E-state index in [0.29, 0.717) is 5.11 Å². The van der Waals surface area contributed by atoms with Crippen LogP contribution in [0.2, 0.25) is 0 Å². The third-order valence-corrected chi connectivity index (χ3v) is 7.33. The molecule has 0 spiro atoms. The van der Waals surface area contributed by atoms with Crippen molar-refractivity contribution in [1.82, 2.24) is 10.3 Å². The minimum absolute atomic E-state index is 0.00531. The zero-order valence-corrected chi connectivity index (χ0v) is 20.6. The van der Waals surface area contributed by atoms with Crippen LogP contribution in [0.3, 0.4) is 0 Å². The van der Waals surface area contributed by atoms with E-state index >= 15 is 0 Å². The van der Waals surface area contributed by atoms with E-state index in [2.05, 4.69) is 54.0 Å². The molecular weight excluding hydrogens is 492 g/mol. The topological polar surface area (TPSA) is 57.3 Å². The molecule has 1 amide bonds. The summed E-state index contributed by atoms with van der Waals surface area (Å²) in [5.74, 6) is -0.0686. The van der Waals surface area contributed by atoms with Gasteiger partial charge in [0.05, 0.1) is 17.8 Å². The Kier molecular flexibility index (Phi) is 6.41. The van der Waals surface area contributed by atoms with Crippen molar-refractivity contribution < 1.29 is 4.79 Å². The number of carbonyl (C=O) groups excluding carboxylic acids is 1. The summed E-state index contributed by atoms with van der Waals surface area (Å²) in [5.41, 5.74) is 3.73. The van der Waals surface area contributed by atoms with Crippen molar-refractivity contribution in [3.63, 3.8) is 0 Å².